The minimum Gasteiger partial charge on any atom is -0.436 e. The van der Waals surface area contributed by atoms with Gasteiger partial charge in [0.25, 0.3) is 11.8 Å². The molecule has 3 rings (SSSR count). The van der Waals surface area contributed by atoms with Gasteiger partial charge in [-0.1, -0.05) is 0 Å². The van der Waals surface area contributed by atoms with Crippen molar-refractivity contribution < 1.29 is 37.9 Å². The highest BCUT2D eigenvalue weighted by atomic mass is 32.2. The average molecular weight is 510 g/mol. The SMILES string of the molecule is CC(CCN1Cc2cc(C#CC#CCOC(=O)N3CC(O)C3)sc2C1=O)(C(=O)NO)S(C)(=O)=O. The number of β-amino-alcohol motifs (C(OH)–C–C–N with tert-alkyl or cyclic N) is 1. The lowest BCUT2D eigenvalue weighted by atomic mass is 10.1. The number of hydroxylamine groups is 1. The second-order valence-corrected chi connectivity index (χ2v) is 11.5. The molecule has 34 heavy (non-hydrogen) atoms. The first-order valence-electron chi connectivity index (χ1n) is 10.1. The van der Waals surface area contributed by atoms with Crippen LogP contribution in [-0.2, 0) is 25.9 Å². The van der Waals surface area contributed by atoms with Crippen molar-refractivity contribution in [1.29, 1.82) is 0 Å². The van der Waals surface area contributed by atoms with Gasteiger partial charge < -0.3 is 19.6 Å². The molecular weight excluding hydrogens is 486 g/mol. The molecule has 182 valence electrons. The summed E-state index contributed by atoms with van der Waals surface area (Å²) in [4.78, 5) is 40.1. The van der Waals surface area contributed by atoms with Gasteiger partial charge in [-0.2, -0.15) is 0 Å². The number of aliphatic hydroxyl groups excluding tert-OH is 1. The van der Waals surface area contributed by atoms with E-state index < -0.39 is 32.7 Å². The predicted octanol–water partition coefficient (Wildman–Crippen LogP) is -0.429. The van der Waals surface area contributed by atoms with Crippen LogP contribution in [0.2, 0.25) is 0 Å². The Labute approximate surface area is 200 Å². The molecule has 0 spiro atoms. The number of hydrogen-bond donors (Lipinski definition) is 3. The Bertz CT molecular complexity index is 1230. The normalized spacial score (nSPS) is 16.9. The van der Waals surface area contributed by atoms with Gasteiger partial charge in [0.2, 0.25) is 0 Å². The first-order valence-corrected chi connectivity index (χ1v) is 12.8. The zero-order chi connectivity index (χ0) is 25.1. The Morgan fingerprint density at radius 3 is 2.65 bits per heavy atom. The molecule has 1 aromatic rings. The molecule has 1 fully saturated rings. The van der Waals surface area contributed by atoms with E-state index in [0.717, 1.165) is 11.8 Å². The number of carbonyl (C=O) groups excluding carboxylic acids is 3. The largest absolute Gasteiger partial charge is 0.436 e. The summed E-state index contributed by atoms with van der Waals surface area (Å²) in [5.41, 5.74) is 2.13. The van der Waals surface area contributed by atoms with Crippen LogP contribution in [0.3, 0.4) is 0 Å². The smallest absolute Gasteiger partial charge is 0.410 e. The summed E-state index contributed by atoms with van der Waals surface area (Å²) in [6.07, 6.45) is -0.319. The van der Waals surface area contributed by atoms with E-state index in [-0.39, 0.29) is 45.1 Å². The second-order valence-electron chi connectivity index (χ2n) is 8.05. The zero-order valence-electron chi connectivity index (χ0n) is 18.5. The highest BCUT2D eigenvalue weighted by Crippen LogP contribution is 2.32. The minimum atomic E-state index is -3.85. The summed E-state index contributed by atoms with van der Waals surface area (Å²) in [5.74, 6) is 9.28. The Morgan fingerprint density at radius 2 is 2.06 bits per heavy atom. The standard InChI is InChI=1S/C21H23N3O8S2/c1-21(19(27)22-29,34(2,30)31)7-8-23-11-14-10-16(33-17(14)18(23)26)6-4-3-5-9-32-20(28)24-12-15(25)13-24/h10,15,25,29H,7-9,11-13H2,1-2H3,(H,22,27). The number of thiophene rings is 1. The molecule has 0 bridgehead atoms. The van der Waals surface area contributed by atoms with Crippen LogP contribution in [0.1, 0.15) is 33.5 Å². The number of amides is 3. The van der Waals surface area contributed by atoms with E-state index >= 15 is 0 Å². The number of nitrogens with zero attached hydrogens (tertiary/aromatic N) is 2. The van der Waals surface area contributed by atoms with Crippen LogP contribution in [0.25, 0.3) is 0 Å². The molecular formula is C21H23N3O8S2. The van der Waals surface area contributed by atoms with E-state index in [1.807, 2.05) is 0 Å². The molecule has 0 saturated carbocycles. The fraction of sp³-hybridized carbons (Fsp3) is 0.476. The number of fused-ring (bicyclic) bond motifs is 1. The van der Waals surface area contributed by atoms with Gasteiger partial charge in [0, 0.05) is 19.3 Å². The highest BCUT2D eigenvalue weighted by Gasteiger charge is 2.44. The third-order valence-electron chi connectivity index (χ3n) is 5.64. The van der Waals surface area contributed by atoms with E-state index in [1.165, 1.54) is 33.5 Å². The molecule has 0 radical (unpaired) electrons. The number of rotatable bonds is 6. The van der Waals surface area contributed by atoms with Gasteiger partial charge in [-0.25, -0.2) is 18.7 Å². The van der Waals surface area contributed by atoms with E-state index in [0.29, 0.717) is 9.75 Å². The third-order valence-corrected chi connectivity index (χ3v) is 8.74. The molecule has 3 N–H and O–H groups in total. The van der Waals surface area contributed by atoms with Crippen LogP contribution >= 0.6 is 11.3 Å². The second kappa shape index (κ2) is 10.0. The van der Waals surface area contributed by atoms with Crippen molar-refractivity contribution in [2.45, 2.75) is 30.7 Å². The van der Waals surface area contributed by atoms with Gasteiger partial charge >= 0.3 is 6.09 Å². The summed E-state index contributed by atoms with van der Waals surface area (Å²) in [6, 6.07) is 1.75. The summed E-state index contributed by atoms with van der Waals surface area (Å²) in [5, 5.41) is 18.1. The van der Waals surface area contributed by atoms with Gasteiger partial charge in [-0.05, 0) is 48.7 Å². The Kier molecular flexibility index (Phi) is 7.53. The number of likely N-dealkylation sites (tertiary alicyclic amines) is 1. The van der Waals surface area contributed by atoms with Crippen LogP contribution < -0.4 is 5.48 Å². The summed E-state index contributed by atoms with van der Waals surface area (Å²) < 4.78 is 27.2. The summed E-state index contributed by atoms with van der Waals surface area (Å²) in [7, 11) is -3.85. The highest BCUT2D eigenvalue weighted by molar-refractivity contribution is 7.92. The maximum Gasteiger partial charge on any atom is 0.410 e. The number of aliphatic hydroxyl groups is 1. The molecule has 0 aromatic carbocycles. The van der Waals surface area contributed by atoms with E-state index in [1.54, 1.807) is 6.07 Å². The Morgan fingerprint density at radius 1 is 1.35 bits per heavy atom. The van der Waals surface area contributed by atoms with Crippen molar-refractivity contribution in [3.63, 3.8) is 0 Å². The maximum atomic E-state index is 12.7. The van der Waals surface area contributed by atoms with Crippen LogP contribution in [-0.4, -0.2) is 89.8 Å². The molecule has 3 amide bonds. The average Bonchev–Trinajstić information content (AvgIpc) is 3.28. The lowest BCUT2D eigenvalue weighted by molar-refractivity contribution is -0.131. The first-order chi connectivity index (χ1) is 16.0. The van der Waals surface area contributed by atoms with Crippen LogP contribution in [0, 0.1) is 23.7 Å². The van der Waals surface area contributed by atoms with Crippen molar-refractivity contribution >= 4 is 39.1 Å². The minimum absolute atomic E-state index is 0.0127. The Balaban J connectivity index is 1.53. The number of ether oxygens (including phenoxy) is 1. The zero-order valence-corrected chi connectivity index (χ0v) is 20.1. The van der Waals surface area contributed by atoms with Gasteiger partial charge in [-0.15, -0.1) is 11.3 Å². The summed E-state index contributed by atoms with van der Waals surface area (Å²) >= 11 is 1.18. The molecule has 1 unspecified atom stereocenters. The molecule has 0 aliphatic carbocycles. The van der Waals surface area contributed by atoms with Gasteiger partial charge in [-0.3, -0.25) is 14.8 Å². The molecule has 1 atom stereocenters. The van der Waals surface area contributed by atoms with Gasteiger partial charge in [0.05, 0.1) is 28.9 Å². The molecule has 13 heteroatoms. The number of carbonyl (C=O) groups is 3. The number of hydrogen-bond acceptors (Lipinski definition) is 9. The fourth-order valence-corrected chi connectivity index (χ4v) is 5.13. The van der Waals surface area contributed by atoms with Crippen molar-refractivity contribution in [3.8, 4) is 23.7 Å². The molecule has 3 heterocycles. The number of nitrogens with one attached hydrogen (secondary N) is 1. The fourth-order valence-electron chi connectivity index (χ4n) is 3.29. The molecule has 11 nitrogen and oxygen atoms in total. The molecule has 1 aromatic heterocycles. The van der Waals surface area contributed by atoms with Crippen molar-refractivity contribution in [1.82, 2.24) is 15.3 Å². The van der Waals surface area contributed by atoms with Crippen molar-refractivity contribution in [2.24, 2.45) is 0 Å². The maximum absolute atomic E-state index is 12.7. The summed E-state index contributed by atoms with van der Waals surface area (Å²) in [6.45, 7) is 1.84. The molecule has 2 aliphatic rings. The van der Waals surface area contributed by atoms with E-state index in [4.69, 9.17) is 15.1 Å². The number of sulfone groups is 1. The first kappa shape index (κ1) is 25.5. The lowest BCUT2D eigenvalue weighted by Gasteiger charge is -2.34. The van der Waals surface area contributed by atoms with Gasteiger partial charge in [0.15, 0.2) is 21.2 Å². The molecule has 1 saturated heterocycles. The topological polar surface area (TPSA) is 154 Å². The van der Waals surface area contributed by atoms with Crippen molar-refractivity contribution in [3.05, 3.63) is 21.4 Å². The van der Waals surface area contributed by atoms with Gasteiger partial charge in [0.1, 0.15) is 0 Å². The lowest BCUT2D eigenvalue weighted by Crippen LogP contribution is -2.53. The predicted molar refractivity (Wildman–Crippen MR) is 120 cm³/mol. The molecule has 2 aliphatic heterocycles. The van der Waals surface area contributed by atoms with Crippen LogP contribution in [0.15, 0.2) is 6.07 Å². The van der Waals surface area contributed by atoms with Crippen LogP contribution in [0.5, 0.6) is 0 Å². The van der Waals surface area contributed by atoms with Crippen molar-refractivity contribution in [2.75, 3.05) is 32.5 Å². The quantitative estimate of drug-likeness (QED) is 0.265. The van der Waals surface area contributed by atoms with E-state index in [2.05, 4.69) is 23.7 Å². The Hall–Kier alpha value is -3.10. The monoisotopic (exact) mass is 509 g/mol. The third kappa shape index (κ3) is 5.34. The van der Waals surface area contributed by atoms with E-state index in [9.17, 15) is 22.8 Å². The van der Waals surface area contributed by atoms with Crippen LogP contribution in [0.4, 0.5) is 4.79 Å².